The van der Waals surface area contributed by atoms with Crippen LogP contribution >= 0.6 is 0 Å². The number of aromatic nitrogens is 4. The minimum Gasteiger partial charge on any atom is -0.492 e. The molecular weight excluding hydrogens is 448 g/mol. The first-order valence-electron chi connectivity index (χ1n) is 11.6. The second kappa shape index (κ2) is 10.5. The van der Waals surface area contributed by atoms with Crippen molar-refractivity contribution in [2.24, 2.45) is 0 Å². The fraction of sp³-hybridized carbons (Fsp3) is 0.360. The summed E-state index contributed by atoms with van der Waals surface area (Å²) in [5, 5.41) is 18.2. The van der Waals surface area contributed by atoms with E-state index in [9.17, 15) is 4.79 Å². The van der Waals surface area contributed by atoms with Crippen molar-refractivity contribution in [3.05, 3.63) is 59.3 Å². The third-order valence-electron chi connectivity index (χ3n) is 5.34. The zero-order chi connectivity index (χ0) is 24.9. The molecule has 0 radical (unpaired) electrons. The number of anilines is 2. The molecule has 1 unspecified atom stereocenters. The molecule has 2 N–H and O–H groups in total. The van der Waals surface area contributed by atoms with Gasteiger partial charge in [-0.2, -0.15) is 4.68 Å². The standard InChI is InChI=1S/C25H30N6O4/c1-6-33-19-11-9-8-10-18(19)27-24(32)22-16(5)26-25-28-29-30-31(25)23(22)17-12-13-20(35-15(3)4)21(14-17)34-7-2/h8-15,23H,6-7H2,1-5H3,(H,27,32)(H,26,28,30). The Kier molecular flexibility index (Phi) is 7.19. The largest absolute Gasteiger partial charge is 0.492 e. The molecule has 0 spiro atoms. The molecule has 1 aromatic heterocycles. The molecule has 2 heterocycles. The summed E-state index contributed by atoms with van der Waals surface area (Å²) in [5.74, 6) is 1.96. The van der Waals surface area contributed by atoms with Gasteiger partial charge in [0.15, 0.2) is 11.5 Å². The Morgan fingerprint density at radius 3 is 2.57 bits per heavy atom. The number of para-hydroxylation sites is 2. The molecule has 184 valence electrons. The zero-order valence-electron chi connectivity index (χ0n) is 20.5. The predicted molar refractivity (Wildman–Crippen MR) is 132 cm³/mol. The highest BCUT2D eigenvalue weighted by Gasteiger charge is 2.35. The molecule has 0 aliphatic carbocycles. The van der Waals surface area contributed by atoms with Gasteiger partial charge in [-0.3, -0.25) is 4.79 Å². The van der Waals surface area contributed by atoms with Crippen molar-refractivity contribution >= 4 is 17.5 Å². The second-order valence-corrected chi connectivity index (χ2v) is 8.20. The highest BCUT2D eigenvalue weighted by atomic mass is 16.5. The number of nitrogens with one attached hydrogen (secondary N) is 2. The maximum atomic E-state index is 13.7. The predicted octanol–water partition coefficient (Wildman–Crippen LogP) is 4.19. The van der Waals surface area contributed by atoms with Crippen LogP contribution in [0.5, 0.6) is 17.2 Å². The van der Waals surface area contributed by atoms with Crippen LogP contribution in [0.2, 0.25) is 0 Å². The quantitative estimate of drug-likeness (QED) is 0.471. The number of nitrogens with zero attached hydrogens (tertiary/aromatic N) is 4. The topological polar surface area (TPSA) is 112 Å². The maximum Gasteiger partial charge on any atom is 0.255 e. The summed E-state index contributed by atoms with van der Waals surface area (Å²) in [7, 11) is 0. The summed E-state index contributed by atoms with van der Waals surface area (Å²) in [6.07, 6.45) is -0.0149. The van der Waals surface area contributed by atoms with Crippen LogP contribution in [0.3, 0.4) is 0 Å². The number of carbonyl (C=O) groups is 1. The minimum absolute atomic E-state index is 0.0149. The molecule has 0 saturated heterocycles. The Labute approximate surface area is 204 Å². The molecule has 0 fully saturated rings. The van der Waals surface area contributed by atoms with Crippen molar-refractivity contribution in [1.29, 1.82) is 0 Å². The van der Waals surface area contributed by atoms with E-state index in [0.29, 0.717) is 53.4 Å². The molecule has 2 aromatic carbocycles. The van der Waals surface area contributed by atoms with Crippen molar-refractivity contribution in [1.82, 2.24) is 20.2 Å². The smallest absolute Gasteiger partial charge is 0.255 e. The Bertz CT molecular complexity index is 1240. The lowest BCUT2D eigenvalue weighted by Crippen LogP contribution is -2.31. The number of amides is 1. The van der Waals surface area contributed by atoms with Gasteiger partial charge in [0.1, 0.15) is 11.8 Å². The number of ether oxygens (including phenoxy) is 3. The fourth-order valence-electron chi connectivity index (χ4n) is 3.97. The molecule has 1 atom stereocenters. The monoisotopic (exact) mass is 478 g/mol. The maximum absolute atomic E-state index is 13.7. The Morgan fingerprint density at radius 2 is 1.83 bits per heavy atom. The average Bonchev–Trinajstić information content (AvgIpc) is 3.28. The second-order valence-electron chi connectivity index (χ2n) is 8.20. The molecule has 1 aliphatic heterocycles. The number of hydrogen-bond acceptors (Lipinski definition) is 8. The number of tetrazole rings is 1. The number of allylic oxidation sites excluding steroid dienone is 1. The van der Waals surface area contributed by atoms with E-state index < -0.39 is 6.04 Å². The van der Waals surface area contributed by atoms with Crippen LogP contribution in [0, 0.1) is 0 Å². The highest BCUT2D eigenvalue weighted by Crippen LogP contribution is 2.39. The Morgan fingerprint density at radius 1 is 1.09 bits per heavy atom. The van der Waals surface area contributed by atoms with Crippen molar-refractivity contribution in [2.45, 2.75) is 46.8 Å². The molecule has 35 heavy (non-hydrogen) atoms. The van der Waals surface area contributed by atoms with E-state index in [0.717, 1.165) is 5.56 Å². The van der Waals surface area contributed by atoms with E-state index in [1.807, 2.05) is 71.0 Å². The summed E-state index contributed by atoms with van der Waals surface area (Å²) >= 11 is 0. The first-order valence-corrected chi connectivity index (χ1v) is 11.6. The number of rotatable bonds is 9. The lowest BCUT2D eigenvalue weighted by atomic mass is 9.94. The zero-order valence-corrected chi connectivity index (χ0v) is 20.5. The van der Waals surface area contributed by atoms with Gasteiger partial charge in [0.05, 0.1) is 30.6 Å². The SMILES string of the molecule is CCOc1ccccc1NC(=O)C1=C(C)Nc2nnnn2C1c1ccc(OC(C)C)c(OCC)c1. The van der Waals surface area contributed by atoms with Crippen molar-refractivity contribution in [3.8, 4) is 17.2 Å². The van der Waals surface area contributed by atoms with Crippen LogP contribution in [-0.4, -0.2) is 45.4 Å². The molecule has 1 amide bonds. The lowest BCUT2D eigenvalue weighted by Gasteiger charge is -2.28. The van der Waals surface area contributed by atoms with Crippen LogP contribution < -0.4 is 24.8 Å². The van der Waals surface area contributed by atoms with Gasteiger partial charge in [0.25, 0.3) is 5.91 Å². The van der Waals surface area contributed by atoms with Gasteiger partial charge in [-0.25, -0.2) is 0 Å². The number of carbonyl (C=O) groups excluding carboxylic acids is 1. The van der Waals surface area contributed by atoms with Gasteiger partial charge < -0.3 is 24.8 Å². The summed E-state index contributed by atoms with van der Waals surface area (Å²) in [5.41, 5.74) is 2.47. The molecular formula is C25H30N6O4. The van der Waals surface area contributed by atoms with E-state index in [1.165, 1.54) is 0 Å². The molecule has 4 rings (SSSR count). The van der Waals surface area contributed by atoms with Crippen molar-refractivity contribution < 1.29 is 19.0 Å². The van der Waals surface area contributed by atoms with Crippen LogP contribution in [0.1, 0.15) is 46.2 Å². The van der Waals surface area contributed by atoms with E-state index in [4.69, 9.17) is 14.2 Å². The highest BCUT2D eigenvalue weighted by molar-refractivity contribution is 6.06. The number of hydrogen-bond donors (Lipinski definition) is 2. The molecule has 1 aliphatic rings. The molecule has 0 bridgehead atoms. The van der Waals surface area contributed by atoms with E-state index >= 15 is 0 Å². The molecule has 10 heteroatoms. The van der Waals surface area contributed by atoms with Gasteiger partial charge >= 0.3 is 0 Å². The summed E-state index contributed by atoms with van der Waals surface area (Å²) in [6.45, 7) is 10.5. The van der Waals surface area contributed by atoms with Gasteiger partial charge in [0.2, 0.25) is 5.95 Å². The van der Waals surface area contributed by atoms with Crippen LogP contribution in [0.15, 0.2) is 53.7 Å². The summed E-state index contributed by atoms with van der Waals surface area (Å²) < 4.78 is 19.0. The summed E-state index contributed by atoms with van der Waals surface area (Å²) in [6, 6.07) is 12.4. The van der Waals surface area contributed by atoms with E-state index in [2.05, 4.69) is 26.2 Å². The Balaban J connectivity index is 1.76. The molecule has 0 saturated carbocycles. The van der Waals surface area contributed by atoms with E-state index in [1.54, 1.807) is 10.7 Å². The average molecular weight is 479 g/mol. The first kappa shape index (κ1) is 24.1. The molecule has 3 aromatic rings. The summed E-state index contributed by atoms with van der Waals surface area (Å²) in [4.78, 5) is 13.7. The van der Waals surface area contributed by atoms with Gasteiger partial charge in [-0.05, 0) is 74.9 Å². The van der Waals surface area contributed by atoms with E-state index in [-0.39, 0.29) is 12.0 Å². The lowest BCUT2D eigenvalue weighted by molar-refractivity contribution is -0.113. The number of benzene rings is 2. The van der Waals surface area contributed by atoms with Crippen molar-refractivity contribution in [2.75, 3.05) is 23.8 Å². The van der Waals surface area contributed by atoms with Gasteiger partial charge in [0, 0.05) is 5.70 Å². The van der Waals surface area contributed by atoms with Gasteiger partial charge in [-0.1, -0.05) is 23.3 Å². The Hall–Kier alpha value is -4.08. The van der Waals surface area contributed by atoms with Crippen molar-refractivity contribution in [3.63, 3.8) is 0 Å². The van der Waals surface area contributed by atoms with Gasteiger partial charge in [-0.15, -0.1) is 0 Å². The molecule has 10 nitrogen and oxygen atoms in total. The number of fused-ring (bicyclic) bond motifs is 1. The van der Waals surface area contributed by atoms with Crippen LogP contribution in [0.4, 0.5) is 11.6 Å². The fourth-order valence-corrected chi connectivity index (χ4v) is 3.97. The third-order valence-corrected chi connectivity index (χ3v) is 5.34. The van der Waals surface area contributed by atoms with Crippen LogP contribution in [0.25, 0.3) is 0 Å². The first-order chi connectivity index (χ1) is 16.9. The minimum atomic E-state index is -0.590. The normalized spacial score (nSPS) is 14.9. The van der Waals surface area contributed by atoms with Crippen LogP contribution in [-0.2, 0) is 4.79 Å². The third kappa shape index (κ3) is 5.06.